The minimum absolute atomic E-state index is 0.00464. The molecule has 0 aliphatic heterocycles. The molecular formula is C17H14I2N2O4S. The summed E-state index contributed by atoms with van der Waals surface area (Å²) in [6, 6.07) is 10.7. The molecule has 0 saturated heterocycles. The van der Waals surface area contributed by atoms with Gasteiger partial charge in [-0.1, -0.05) is 18.2 Å². The van der Waals surface area contributed by atoms with Gasteiger partial charge in [0, 0.05) is 7.14 Å². The van der Waals surface area contributed by atoms with Gasteiger partial charge in [-0.25, -0.2) is 4.79 Å². The summed E-state index contributed by atoms with van der Waals surface area (Å²) in [6.45, 7) is 1.67. The number of aromatic carboxylic acids is 1. The van der Waals surface area contributed by atoms with Crippen molar-refractivity contribution in [1.29, 1.82) is 0 Å². The molecule has 0 atom stereocenters. The summed E-state index contributed by atoms with van der Waals surface area (Å²) in [5, 5.41) is 14.6. The van der Waals surface area contributed by atoms with Gasteiger partial charge in [-0.05, 0) is 88.1 Å². The van der Waals surface area contributed by atoms with E-state index in [2.05, 4.69) is 10.6 Å². The highest BCUT2D eigenvalue weighted by Crippen LogP contribution is 2.26. The number of amides is 1. The van der Waals surface area contributed by atoms with Crippen molar-refractivity contribution in [3.63, 3.8) is 0 Å². The van der Waals surface area contributed by atoms with Gasteiger partial charge in [-0.3, -0.25) is 10.1 Å². The third kappa shape index (κ3) is 5.77. The van der Waals surface area contributed by atoms with Crippen LogP contribution in [0.4, 0.5) is 5.69 Å². The van der Waals surface area contributed by atoms with Crippen LogP contribution in [0, 0.1) is 14.1 Å². The average molecular weight is 596 g/mol. The van der Waals surface area contributed by atoms with Gasteiger partial charge in [-0.2, -0.15) is 0 Å². The van der Waals surface area contributed by atoms with Crippen molar-refractivity contribution in [2.75, 3.05) is 11.9 Å². The summed E-state index contributed by atoms with van der Waals surface area (Å²) >= 11 is 9.16. The Hall–Kier alpha value is -1.47. The van der Waals surface area contributed by atoms with Crippen LogP contribution in [0.3, 0.4) is 0 Å². The summed E-state index contributed by atoms with van der Waals surface area (Å²) in [5.41, 5.74) is 1.33. The molecule has 0 aromatic heterocycles. The lowest BCUT2D eigenvalue weighted by atomic mass is 10.2. The number of halogens is 2. The number of hydrogen-bond acceptors (Lipinski definition) is 4. The summed E-state index contributed by atoms with van der Waals surface area (Å²) < 4.78 is 6.92. The van der Waals surface area contributed by atoms with Crippen molar-refractivity contribution in [2.45, 2.75) is 6.92 Å². The third-order valence-electron chi connectivity index (χ3n) is 3.23. The quantitative estimate of drug-likeness (QED) is 0.360. The molecule has 1 amide bonds. The van der Waals surface area contributed by atoms with Gasteiger partial charge in [0.2, 0.25) is 0 Å². The second-order valence-electron chi connectivity index (χ2n) is 5.17. The van der Waals surface area contributed by atoms with E-state index in [9.17, 15) is 14.7 Å². The van der Waals surface area contributed by atoms with Crippen LogP contribution < -0.4 is 15.4 Å². The van der Waals surface area contributed by atoms with E-state index >= 15 is 0 Å². The Bertz CT molecular complexity index is 874. The number of hydrogen-bond donors (Lipinski definition) is 3. The van der Waals surface area contributed by atoms with Crippen LogP contribution in [-0.4, -0.2) is 28.7 Å². The molecule has 6 nitrogen and oxygen atoms in total. The van der Waals surface area contributed by atoms with E-state index in [1.165, 1.54) is 6.07 Å². The van der Waals surface area contributed by atoms with Crippen LogP contribution in [-0.2, 0) is 4.79 Å². The fourth-order valence-corrected chi connectivity index (χ4v) is 4.23. The van der Waals surface area contributed by atoms with Crippen molar-refractivity contribution in [2.24, 2.45) is 0 Å². The third-order valence-corrected chi connectivity index (χ3v) is 4.91. The standard InChI is InChI=1S/C17H14I2N2O4S/c1-9-4-2-3-5-13(9)25-8-14(22)20-17(26)21-15-11(16(23)24)6-10(18)7-12(15)19/h2-7H,8H2,1H3,(H,23,24)(H2,20,21,22,26). The fourth-order valence-electron chi connectivity index (χ4n) is 2.04. The molecule has 0 fully saturated rings. The molecule has 0 bridgehead atoms. The summed E-state index contributed by atoms with van der Waals surface area (Å²) in [6.07, 6.45) is 0. The van der Waals surface area contributed by atoms with Crippen molar-refractivity contribution < 1.29 is 19.4 Å². The van der Waals surface area contributed by atoms with E-state index in [0.717, 1.165) is 9.13 Å². The SMILES string of the molecule is Cc1ccccc1OCC(=O)NC(=S)Nc1c(I)cc(I)cc1C(=O)O. The maximum absolute atomic E-state index is 12.0. The van der Waals surface area contributed by atoms with E-state index in [4.69, 9.17) is 17.0 Å². The molecule has 9 heteroatoms. The fraction of sp³-hybridized carbons (Fsp3) is 0.118. The number of para-hydroxylation sites is 1. The molecule has 2 aromatic carbocycles. The van der Waals surface area contributed by atoms with Gasteiger partial charge >= 0.3 is 5.97 Å². The molecule has 136 valence electrons. The van der Waals surface area contributed by atoms with Crippen LogP contribution in [0.2, 0.25) is 0 Å². The first kappa shape index (κ1) is 20.8. The van der Waals surface area contributed by atoms with Gasteiger partial charge in [-0.15, -0.1) is 0 Å². The Morgan fingerprint density at radius 2 is 1.92 bits per heavy atom. The largest absolute Gasteiger partial charge is 0.483 e. The summed E-state index contributed by atoms with van der Waals surface area (Å²) in [5.74, 6) is -0.911. The van der Waals surface area contributed by atoms with Crippen molar-refractivity contribution in [3.05, 3.63) is 54.7 Å². The normalized spacial score (nSPS) is 10.1. The van der Waals surface area contributed by atoms with Crippen molar-refractivity contribution >= 4 is 80.1 Å². The number of ether oxygens (including phenoxy) is 1. The number of carbonyl (C=O) groups excluding carboxylic acids is 1. The van der Waals surface area contributed by atoms with E-state index < -0.39 is 11.9 Å². The zero-order valence-corrected chi connectivity index (χ0v) is 18.6. The van der Waals surface area contributed by atoms with Crippen molar-refractivity contribution in [1.82, 2.24) is 5.32 Å². The van der Waals surface area contributed by atoms with E-state index in [0.29, 0.717) is 15.0 Å². The molecule has 3 N–H and O–H groups in total. The average Bonchev–Trinajstić information content (AvgIpc) is 2.56. The zero-order valence-electron chi connectivity index (χ0n) is 13.5. The highest BCUT2D eigenvalue weighted by molar-refractivity contribution is 14.1. The highest BCUT2D eigenvalue weighted by atomic mass is 127. The maximum atomic E-state index is 12.0. The van der Waals surface area contributed by atoms with Gasteiger partial charge in [0.1, 0.15) is 5.75 Å². The number of carboxylic acid groups (broad SMARTS) is 1. The lowest BCUT2D eigenvalue weighted by Gasteiger charge is -2.14. The Morgan fingerprint density at radius 1 is 1.23 bits per heavy atom. The number of thiocarbonyl (C=S) groups is 1. The maximum Gasteiger partial charge on any atom is 0.337 e. The second kappa shape index (κ2) is 9.46. The molecule has 0 saturated carbocycles. The number of carbonyl (C=O) groups is 2. The molecule has 0 unspecified atom stereocenters. The molecule has 0 aliphatic rings. The predicted molar refractivity (Wildman–Crippen MR) is 120 cm³/mol. The van der Waals surface area contributed by atoms with E-state index in [-0.39, 0.29) is 17.3 Å². The highest BCUT2D eigenvalue weighted by Gasteiger charge is 2.16. The van der Waals surface area contributed by atoms with Crippen LogP contribution in [0.15, 0.2) is 36.4 Å². The molecule has 2 aromatic rings. The van der Waals surface area contributed by atoms with Gasteiger partial charge in [0.25, 0.3) is 5.91 Å². The van der Waals surface area contributed by atoms with E-state index in [1.807, 2.05) is 76.4 Å². The molecule has 0 heterocycles. The minimum Gasteiger partial charge on any atom is -0.483 e. The molecular weight excluding hydrogens is 582 g/mol. The van der Waals surface area contributed by atoms with Crippen LogP contribution in [0.25, 0.3) is 0 Å². The van der Waals surface area contributed by atoms with Crippen LogP contribution in [0.5, 0.6) is 5.75 Å². The summed E-state index contributed by atoms with van der Waals surface area (Å²) in [4.78, 5) is 23.4. The Morgan fingerprint density at radius 3 is 2.58 bits per heavy atom. The van der Waals surface area contributed by atoms with Gasteiger partial charge in [0.15, 0.2) is 11.7 Å². The number of benzene rings is 2. The molecule has 0 aliphatic carbocycles. The number of rotatable bonds is 5. The van der Waals surface area contributed by atoms with Crippen molar-refractivity contribution in [3.8, 4) is 5.75 Å². The van der Waals surface area contributed by atoms with E-state index in [1.54, 1.807) is 6.07 Å². The molecule has 0 spiro atoms. The first-order chi connectivity index (χ1) is 12.3. The smallest absolute Gasteiger partial charge is 0.337 e. The summed E-state index contributed by atoms with van der Waals surface area (Å²) in [7, 11) is 0. The predicted octanol–water partition coefficient (Wildman–Crippen LogP) is 3.79. The van der Waals surface area contributed by atoms with Crippen LogP contribution >= 0.6 is 57.4 Å². The number of anilines is 1. The first-order valence-electron chi connectivity index (χ1n) is 7.29. The Labute approximate surface area is 183 Å². The topological polar surface area (TPSA) is 87.7 Å². The number of carboxylic acids is 1. The van der Waals surface area contributed by atoms with Gasteiger partial charge in [0.05, 0.1) is 11.3 Å². The Balaban J connectivity index is 2.00. The first-order valence-corrected chi connectivity index (χ1v) is 9.86. The second-order valence-corrected chi connectivity index (χ2v) is 7.99. The zero-order chi connectivity index (χ0) is 19.3. The van der Waals surface area contributed by atoms with Gasteiger partial charge < -0.3 is 15.2 Å². The monoisotopic (exact) mass is 596 g/mol. The lowest BCUT2D eigenvalue weighted by Crippen LogP contribution is -2.37. The van der Waals surface area contributed by atoms with Crippen LogP contribution in [0.1, 0.15) is 15.9 Å². The Kier molecular flexibility index (Phi) is 7.58. The number of aryl methyl sites for hydroxylation is 1. The lowest BCUT2D eigenvalue weighted by molar-refractivity contribution is -0.121. The number of nitrogens with one attached hydrogen (secondary N) is 2. The molecule has 2 rings (SSSR count). The molecule has 0 radical (unpaired) electrons. The minimum atomic E-state index is -1.08. The molecule has 26 heavy (non-hydrogen) atoms.